The summed E-state index contributed by atoms with van der Waals surface area (Å²) in [5, 5.41) is 0.598. The Bertz CT molecular complexity index is 809. The molecule has 2 aromatic rings. The quantitative estimate of drug-likeness (QED) is 0.712. The molecule has 0 unspecified atom stereocenters. The zero-order valence-electron chi connectivity index (χ0n) is 15.2. The van der Waals surface area contributed by atoms with Gasteiger partial charge in [0.2, 0.25) is 0 Å². The van der Waals surface area contributed by atoms with E-state index in [0.717, 1.165) is 16.9 Å². The highest BCUT2D eigenvalue weighted by Gasteiger charge is 2.28. The van der Waals surface area contributed by atoms with E-state index in [1.807, 2.05) is 37.3 Å². The first-order valence-electron chi connectivity index (χ1n) is 8.96. The van der Waals surface area contributed by atoms with Crippen molar-refractivity contribution in [2.45, 2.75) is 19.9 Å². The lowest BCUT2D eigenvalue weighted by atomic mass is 9.97. The average Bonchev–Trinajstić information content (AvgIpc) is 2.70. The fourth-order valence-electron chi connectivity index (χ4n) is 3.04. The standard InChI is InChI=1S/C21H22ClNO4/c1-2-23(12-15-6-4-3-5-7-15)20(24)14-27-21(25)17-10-16-11-18(22)8-9-19(16)26-13-17/h3-9,11,17H,2,10,12-14H2,1H3/t17-/m1/s1. The van der Waals surface area contributed by atoms with Crippen LogP contribution in [0.2, 0.25) is 5.02 Å². The minimum Gasteiger partial charge on any atom is -0.492 e. The van der Waals surface area contributed by atoms with E-state index < -0.39 is 11.9 Å². The number of hydrogen-bond acceptors (Lipinski definition) is 4. The van der Waals surface area contributed by atoms with Crippen molar-refractivity contribution in [2.24, 2.45) is 5.92 Å². The van der Waals surface area contributed by atoms with Crippen LogP contribution in [0.3, 0.4) is 0 Å². The summed E-state index contributed by atoms with van der Waals surface area (Å²) in [5.41, 5.74) is 1.91. The zero-order valence-corrected chi connectivity index (χ0v) is 15.9. The van der Waals surface area contributed by atoms with Gasteiger partial charge in [-0.1, -0.05) is 41.9 Å². The van der Waals surface area contributed by atoms with Gasteiger partial charge in [0.25, 0.3) is 5.91 Å². The predicted molar refractivity (Wildman–Crippen MR) is 103 cm³/mol. The Kier molecular flexibility index (Phi) is 6.35. The monoisotopic (exact) mass is 387 g/mol. The molecule has 1 aliphatic heterocycles. The first-order valence-corrected chi connectivity index (χ1v) is 9.34. The van der Waals surface area contributed by atoms with Crippen molar-refractivity contribution in [2.75, 3.05) is 19.8 Å². The Morgan fingerprint density at radius 3 is 2.74 bits per heavy atom. The molecular formula is C21H22ClNO4. The molecule has 0 N–H and O–H groups in total. The molecule has 5 nitrogen and oxygen atoms in total. The van der Waals surface area contributed by atoms with E-state index in [0.29, 0.717) is 24.5 Å². The van der Waals surface area contributed by atoms with E-state index in [1.54, 1.807) is 23.1 Å². The highest BCUT2D eigenvalue weighted by molar-refractivity contribution is 6.30. The maximum atomic E-state index is 12.4. The summed E-state index contributed by atoms with van der Waals surface area (Å²) in [6.45, 7) is 2.91. The molecule has 0 saturated carbocycles. The van der Waals surface area contributed by atoms with Crippen molar-refractivity contribution >= 4 is 23.5 Å². The second-order valence-electron chi connectivity index (χ2n) is 6.47. The molecule has 0 radical (unpaired) electrons. The van der Waals surface area contributed by atoms with Crippen LogP contribution < -0.4 is 4.74 Å². The molecule has 1 atom stereocenters. The van der Waals surface area contributed by atoms with Crippen LogP contribution in [0.1, 0.15) is 18.1 Å². The number of carbonyl (C=O) groups is 2. The van der Waals surface area contributed by atoms with Crippen LogP contribution in [0.4, 0.5) is 0 Å². The molecule has 1 heterocycles. The summed E-state index contributed by atoms with van der Waals surface area (Å²) in [6.07, 6.45) is 0.491. The molecule has 0 saturated heterocycles. The normalized spacial score (nSPS) is 15.4. The zero-order chi connectivity index (χ0) is 19.2. The topological polar surface area (TPSA) is 55.8 Å². The molecule has 0 aliphatic carbocycles. The van der Waals surface area contributed by atoms with E-state index in [9.17, 15) is 9.59 Å². The highest BCUT2D eigenvalue weighted by Crippen LogP contribution is 2.30. The van der Waals surface area contributed by atoms with Crippen LogP contribution in [-0.2, 0) is 27.3 Å². The largest absolute Gasteiger partial charge is 0.492 e. The summed E-state index contributed by atoms with van der Waals surface area (Å²) < 4.78 is 10.9. The number of benzene rings is 2. The average molecular weight is 388 g/mol. The molecule has 0 aromatic heterocycles. The van der Waals surface area contributed by atoms with Crippen LogP contribution in [0.15, 0.2) is 48.5 Å². The molecule has 1 amide bonds. The molecule has 0 fully saturated rings. The lowest BCUT2D eigenvalue weighted by Crippen LogP contribution is -2.36. The van der Waals surface area contributed by atoms with Crippen molar-refractivity contribution in [1.29, 1.82) is 0 Å². The first-order chi connectivity index (χ1) is 13.1. The Hall–Kier alpha value is -2.53. The Balaban J connectivity index is 1.53. The number of amides is 1. The third kappa shape index (κ3) is 5.01. The summed E-state index contributed by atoms with van der Waals surface area (Å²) in [7, 11) is 0. The van der Waals surface area contributed by atoms with Gasteiger partial charge in [0.15, 0.2) is 6.61 Å². The number of hydrogen-bond donors (Lipinski definition) is 0. The smallest absolute Gasteiger partial charge is 0.313 e. The van der Waals surface area contributed by atoms with Crippen molar-refractivity contribution in [1.82, 2.24) is 4.90 Å². The maximum absolute atomic E-state index is 12.4. The van der Waals surface area contributed by atoms with E-state index >= 15 is 0 Å². The SMILES string of the molecule is CCN(Cc1ccccc1)C(=O)COC(=O)[C@H]1COc2ccc(Cl)cc2C1. The van der Waals surface area contributed by atoms with Gasteiger partial charge < -0.3 is 14.4 Å². The fourth-order valence-corrected chi connectivity index (χ4v) is 3.23. The van der Waals surface area contributed by atoms with Crippen LogP contribution in [-0.4, -0.2) is 36.5 Å². The Morgan fingerprint density at radius 1 is 1.22 bits per heavy atom. The number of nitrogens with zero attached hydrogens (tertiary/aromatic N) is 1. The number of ether oxygens (including phenoxy) is 2. The molecule has 6 heteroatoms. The van der Waals surface area contributed by atoms with Crippen LogP contribution >= 0.6 is 11.6 Å². The van der Waals surface area contributed by atoms with Crippen LogP contribution in [0, 0.1) is 5.92 Å². The van der Waals surface area contributed by atoms with Gasteiger partial charge in [-0.15, -0.1) is 0 Å². The summed E-state index contributed by atoms with van der Waals surface area (Å²) in [5.74, 6) is -0.341. The second-order valence-corrected chi connectivity index (χ2v) is 6.90. The number of rotatable bonds is 6. The van der Waals surface area contributed by atoms with E-state index in [4.69, 9.17) is 21.1 Å². The lowest BCUT2D eigenvalue weighted by molar-refractivity contribution is -0.156. The van der Waals surface area contributed by atoms with Gasteiger partial charge in [0.05, 0.1) is 5.92 Å². The summed E-state index contributed by atoms with van der Waals surface area (Å²) in [4.78, 5) is 26.4. The van der Waals surface area contributed by atoms with Crippen molar-refractivity contribution in [3.05, 3.63) is 64.7 Å². The van der Waals surface area contributed by atoms with Crippen LogP contribution in [0.25, 0.3) is 0 Å². The molecule has 3 rings (SSSR count). The van der Waals surface area contributed by atoms with Gasteiger partial charge in [-0.05, 0) is 42.7 Å². The van der Waals surface area contributed by atoms with Gasteiger partial charge >= 0.3 is 5.97 Å². The van der Waals surface area contributed by atoms with Crippen molar-refractivity contribution in [3.63, 3.8) is 0 Å². The van der Waals surface area contributed by atoms with Gasteiger partial charge in [0.1, 0.15) is 12.4 Å². The number of fused-ring (bicyclic) bond motifs is 1. The Labute approximate surface area is 163 Å². The number of esters is 1. The number of carbonyl (C=O) groups excluding carboxylic acids is 2. The lowest BCUT2D eigenvalue weighted by Gasteiger charge is -2.25. The maximum Gasteiger partial charge on any atom is 0.313 e. The Morgan fingerprint density at radius 2 is 2.00 bits per heavy atom. The highest BCUT2D eigenvalue weighted by atomic mass is 35.5. The van der Waals surface area contributed by atoms with E-state index in [2.05, 4.69) is 0 Å². The minimum absolute atomic E-state index is 0.213. The first kappa shape index (κ1) is 19.2. The molecule has 0 bridgehead atoms. The third-order valence-electron chi connectivity index (χ3n) is 4.55. The van der Waals surface area contributed by atoms with Gasteiger partial charge in [-0.3, -0.25) is 9.59 Å². The molecule has 27 heavy (non-hydrogen) atoms. The van der Waals surface area contributed by atoms with Gasteiger partial charge in [-0.25, -0.2) is 0 Å². The molecule has 1 aliphatic rings. The number of halogens is 1. The third-order valence-corrected chi connectivity index (χ3v) is 4.79. The van der Waals surface area contributed by atoms with Gasteiger partial charge in [-0.2, -0.15) is 0 Å². The summed E-state index contributed by atoms with van der Waals surface area (Å²) >= 11 is 6.00. The van der Waals surface area contributed by atoms with E-state index in [1.165, 1.54) is 0 Å². The second kappa shape index (κ2) is 8.91. The van der Waals surface area contributed by atoms with E-state index in [-0.39, 0.29) is 19.1 Å². The predicted octanol–water partition coefficient (Wildman–Crippen LogP) is 3.48. The molecule has 142 valence electrons. The van der Waals surface area contributed by atoms with Crippen molar-refractivity contribution in [3.8, 4) is 5.75 Å². The van der Waals surface area contributed by atoms with Gasteiger partial charge in [0, 0.05) is 18.1 Å². The molecule has 0 spiro atoms. The molecular weight excluding hydrogens is 366 g/mol. The minimum atomic E-state index is -0.437. The fraction of sp³-hybridized carbons (Fsp3) is 0.333. The number of likely N-dealkylation sites (N-methyl/N-ethyl adjacent to an activating group) is 1. The molecule has 2 aromatic carbocycles. The van der Waals surface area contributed by atoms with Crippen molar-refractivity contribution < 1.29 is 19.1 Å². The summed E-state index contributed by atoms with van der Waals surface area (Å²) in [6, 6.07) is 15.1. The van der Waals surface area contributed by atoms with Crippen LogP contribution in [0.5, 0.6) is 5.75 Å².